The maximum absolute atomic E-state index is 14.3. The zero-order valence-corrected chi connectivity index (χ0v) is 17.4. The van der Waals surface area contributed by atoms with E-state index in [1.165, 1.54) is 24.0 Å². The lowest BCUT2D eigenvalue weighted by atomic mass is 9.82. The number of aliphatic imine (C=N–C) groups is 1. The lowest BCUT2D eigenvalue weighted by molar-refractivity contribution is 0.0999. The molecule has 2 N–H and O–H groups in total. The third-order valence-corrected chi connectivity index (χ3v) is 5.84. The van der Waals surface area contributed by atoms with Gasteiger partial charge in [-0.25, -0.2) is 9.37 Å². The molecule has 2 unspecified atom stereocenters. The zero-order chi connectivity index (χ0) is 21.5. The molecule has 0 fully saturated rings. The minimum Gasteiger partial charge on any atom is -0.305 e. The number of aromatic nitrogens is 3. The van der Waals surface area contributed by atoms with Crippen LogP contribution in [0.15, 0.2) is 47.7 Å². The minimum absolute atomic E-state index is 0.00432. The highest BCUT2D eigenvalue weighted by Gasteiger charge is 2.39. The van der Waals surface area contributed by atoms with Crippen LogP contribution >= 0.6 is 0 Å². The van der Waals surface area contributed by atoms with Crippen LogP contribution in [0, 0.1) is 5.82 Å². The van der Waals surface area contributed by atoms with Crippen LogP contribution in [0.4, 0.5) is 4.39 Å². The monoisotopic (exact) mass is 418 g/mol. The number of rotatable bonds is 4. The molecule has 2 aliphatic heterocycles. The molecule has 0 amide bonds. The van der Waals surface area contributed by atoms with Crippen LogP contribution in [0.25, 0.3) is 0 Å². The lowest BCUT2D eigenvalue weighted by Gasteiger charge is -2.28. The van der Waals surface area contributed by atoms with Crippen molar-refractivity contribution in [2.45, 2.75) is 25.0 Å². The van der Waals surface area contributed by atoms with Crippen molar-refractivity contribution in [1.82, 2.24) is 25.4 Å². The van der Waals surface area contributed by atoms with Gasteiger partial charge in [-0.15, -0.1) is 0 Å². The van der Waals surface area contributed by atoms with E-state index >= 15 is 0 Å². The molecule has 31 heavy (non-hydrogen) atoms. The number of Topliss-reactive ketones (excluding diaryl/α,β-unsaturated/α-hetero) is 1. The van der Waals surface area contributed by atoms with Gasteiger partial charge in [0.15, 0.2) is 5.78 Å². The number of ketones is 1. The first-order valence-electron chi connectivity index (χ1n) is 10.2. The first-order chi connectivity index (χ1) is 15.0. The standard InChI is InChI=1S/C23H23FN6O/c1-30(2)11-13-3-5-14(6-4-13)21-20(23-27-12-28-29-23)22-19-15(9-25-21)7-16(24)8-17(19)18(31)10-26-22/h3-8,12,20-21,25H,9-11H2,1-2H3,(H,27,28,29). The molecule has 2 aliphatic rings. The molecule has 7 nitrogen and oxygen atoms in total. The van der Waals surface area contributed by atoms with E-state index < -0.39 is 5.82 Å². The summed E-state index contributed by atoms with van der Waals surface area (Å²) in [5.74, 6) is -0.206. The summed E-state index contributed by atoms with van der Waals surface area (Å²) in [4.78, 5) is 23.7. The Bertz CT molecular complexity index is 1150. The van der Waals surface area contributed by atoms with Crippen molar-refractivity contribution in [2.24, 2.45) is 4.99 Å². The molecule has 8 heteroatoms. The maximum Gasteiger partial charge on any atom is 0.184 e. The SMILES string of the molecule is CN(C)Cc1ccc(C2NCc3cc(F)cc4c3C(=NCC4=O)C2c2ncn[nH]2)cc1. The van der Waals surface area contributed by atoms with Gasteiger partial charge in [-0.2, -0.15) is 5.10 Å². The molecular formula is C23H23FN6O. The fourth-order valence-corrected chi connectivity index (χ4v) is 4.55. The van der Waals surface area contributed by atoms with E-state index in [0.717, 1.165) is 28.9 Å². The summed E-state index contributed by atoms with van der Waals surface area (Å²) in [5.41, 5.74) is 4.88. The summed E-state index contributed by atoms with van der Waals surface area (Å²) in [6.45, 7) is 1.28. The molecule has 0 saturated carbocycles. The molecule has 0 bridgehead atoms. The van der Waals surface area contributed by atoms with E-state index in [1.807, 2.05) is 14.1 Å². The number of H-pyrrole nitrogens is 1. The number of carbonyl (C=O) groups excluding carboxylic acids is 1. The topological polar surface area (TPSA) is 86.3 Å². The molecule has 2 atom stereocenters. The van der Waals surface area contributed by atoms with Gasteiger partial charge in [-0.3, -0.25) is 14.9 Å². The highest BCUT2D eigenvalue weighted by molar-refractivity contribution is 6.18. The van der Waals surface area contributed by atoms with Crippen LogP contribution < -0.4 is 5.32 Å². The molecule has 3 heterocycles. The second kappa shape index (κ2) is 7.79. The smallest absolute Gasteiger partial charge is 0.184 e. The Labute approximate surface area is 179 Å². The van der Waals surface area contributed by atoms with Gasteiger partial charge in [0.1, 0.15) is 24.5 Å². The van der Waals surface area contributed by atoms with Gasteiger partial charge in [0.25, 0.3) is 0 Å². The number of aromatic amines is 1. The van der Waals surface area contributed by atoms with E-state index in [0.29, 0.717) is 17.9 Å². The van der Waals surface area contributed by atoms with Gasteiger partial charge in [0, 0.05) is 30.3 Å². The summed E-state index contributed by atoms with van der Waals surface area (Å²) in [7, 11) is 4.08. The molecule has 0 saturated heterocycles. The molecule has 5 rings (SSSR count). The van der Waals surface area contributed by atoms with Crippen molar-refractivity contribution in [3.63, 3.8) is 0 Å². The van der Waals surface area contributed by atoms with E-state index in [-0.39, 0.29) is 24.3 Å². The second-order valence-corrected chi connectivity index (χ2v) is 8.30. The predicted molar refractivity (Wildman–Crippen MR) is 115 cm³/mol. The average Bonchev–Trinajstić information content (AvgIpc) is 3.21. The van der Waals surface area contributed by atoms with Crippen molar-refractivity contribution in [3.8, 4) is 0 Å². The van der Waals surface area contributed by atoms with Gasteiger partial charge in [0.05, 0.1) is 11.6 Å². The summed E-state index contributed by atoms with van der Waals surface area (Å²) < 4.78 is 14.3. The average molecular weight is 418 g/mol. The zero-order valence-electron chi connectivity index (χ0n) is 17.4. The normalized spacial score (nSPS) is 20.4. The van der Waals surface area contributed by atoms with Crippen molar-refractivity contribution in [3.05, 3.63) is 82.2 Å². The fourth-order valence-electron chi connectivity index (χ4n) is 4.55. The number of halogens is 1. The van der Waals surface area contributed by atoms with Gasteiger partial charge in [-0.05, 0) is 42.9 Å². The Balaban J connectivity index is 1.63. The minimum atomic E-state index is -0.409. The third kappa shape index (κ3) is 3.58. The van der Waals surface area contributed by atoms with Gasteiger partial charge in [0.2, 0.25) is 0 Å². The molecule has 0 radical (unpaired) electrons. The fraction of sp³-hybridized carbons (Fsp3) is 0.304. The number of hydrogen-bond donors (Lipinski definition) is 2. The van der Waals surface area contributed by atoms with Gasteiger partial charge >= 0.3 is 0 Å². The van der Waals surface area contributed by atoms with Crippen molar-refractivity contribution in [2.75, 3.05) is 20.6 Å². The first kappa shape index (κ1) is 19.7. The second-order valence-electron chi connectivity index (χ2n) is 8.30. The quantitative estimate of drug-likeness (QED) is 0.680. The Morgan fingerprint density at radius 3 is 2.71 bits per heavy atom. The number of hydrogen-bond acceptors (Lipinski definition) is 6. The maximum atomic E-state index is 14.3. The van der Waals surface area contributed by atoms with Crippen LogP contribution in [0.5, 0.6) is 0 Å². The Morgan fingerprint density at radius 1 is 1.19 bits per heavy atom. The van der Waals surface area contributed by atoms with Gasteiger partial charge in [-0.1, -0.05) is 24.3 Å². The predicted octanol–water partition coefficient (Wildman–Crippen LogP) is 2.62. The van der Waals surface area contributed by atoms with Crippen molar-refractivity contribution in [1.29, 1.82) is 0 Å². The summed E-state index contributed by atoms with van der Waals surface area (Å²) in [6.07, 6.45) is 1.47. The van der Waals surface area contributed by atoms with Crippen LogP contribution in [-0.2, 0) is 13.1 Å². The molecule has 158 valence electrons. The number of nitrogens with one attached hydrogen (secondary N) is 2. The van der Waals surface area contributed by atoms with E-state index in [9.17, 15) is 9.18 Å². The first-order valence-corrected chi connectivity index (χ1v) is 10.2. The Morgan fingerprint density at radius 2 is 2.00 bits per heavy atom. The summed E-state index contributed by atoms with van der Waals surface area (Å²) in [6, 6.07) is 11.1. The van der Waals surface area contributed by atoms with E-state index in [4.69, 9.17) is 0 Å². The van der Waals surface area contributed by atoms with Crippen molar-refractivity contribution >= 4 is 11.5 Å². The molecule has 0 spiro atoms. The van der Waals surface area contributed by atoms with Crippen LogP contribution in [0.2, 0.25) is 0 Å². The number of carbonyl (C=O) groups is 1. The Kier molecular flexibility index (Phi) is 4.95. The lowest BCUT2D eigenvalue weighted by Crippen LogP contribution is -2.31. The molecule has 1 aromatic heterocycles. The number of nitrogens with zero attached hydrogens (tertiary/aromatic N) is 4. The molecular weight excluding hydrogens is 395 g/mol. The van der Waals surface area contributed by atoms with E-state index in [2.05, 4.69) is 54.7 Å². The third-order valence-electron chi connectivity index (χ3n) is 5.84. The highest BCUT2D eigenvalue weighted by Crippen LogP contribution is 2.39. The molecule has 0 aliphatic carbocycles. The van der Waals surface area contributed by atoms with Crippen molar-refractivity contribution < 1.29 is 9.18 Å². The molecule has 3 aromatic rings. The summed E-state index contributed by atoms with van der Waals surface area (Å²) >= 11 is 0. The largest absolute Gasteiger partial charge is 0.305 e. The van der Waals surface area contributed by atoms with Crippen LogP contribution in [-0.4, -0.2) is 52.2 Å². The highest BCUT2D eigenvalue weighted by atomic mass is 19.1. The van der Waals surface area contributed by atoms with Crippen LogP contribution in [0.3, 0.4) is 0 Å². The molecule has 2 aromatic carbocycles. The summed E-state index contributed by atoms with van der Waals surface area (Å²) in [5, 5.41) is 10.6. The Hall–Kier alpha value is -3.23. The van der Waals surface area contributed by atoms with Crippen LogP contribution in [0.1, 0.15) is 50.4 Å². The number of benzene rings is 2. The van der Waals surface area contributed by atoms with E-state index in [1.54, 1.807) is 0 Å². The van der Waals surface area contributed by atoms with Gasteiger partial charge < -0.3 is 10.2 Å².